The fourth-order valence-corrected chi connectivity index (χ4v) is 3.12. The van der Waals surface area contributed by atoms with Gasteiger partial charge in [-0.1, -0.05) is 25.3 Å². The van der Waals surface area contributed by atoms with E-state index in [2.05, 4.69) is 5.32 Å². The summed E-state index contributed by atoms with van der Waals surface area (Å²) < 4.78 is 38.5. The fourth-order valence-electron chi connectivity index (χ4n) is 3.12. The van der Waals surface area contributed by atoms with E-state index >= 15 is 0 Å². The van der Waals surface area contributed by atoms with Gasteiger partial charge in [-0.15, -0.1) is 0 Å². The molecule has 1 fully saturated rings. The molecule has 138 valence electrons. The summed E-state index contributed by atoms with van der Waals surface area (Å²) in [6, 6.07) is 4.64. The van der Waals surface area contributed by atoms with E-state index in [1.807, 2.05) is 0 Å². The van der Waals surface area contributed by atoms with Gasteiger partial charge in [0.05, 0.1) is 5.56 Å². The molecule has 1 saturated carbocycles. The molecule has 0 spiro atoms. The number of nitrogens with one attached hydrogen (secondary N) is 1. The van der Waals surface area contributed by atoms with Crippen LogP contribution in [0.15, 0.2) is 24.3 Å². The lowest BCUT2D eigenvalue weighted by atomic mass is 9.89. The van der Waals surface area contributed by atoms with Crippen LogP contribution in [0.25, 0.3) is 0 Å². The summed E-state index contributed by atoms with van der Waals surface area (Å²) >= 11 is 0. The van der Waals surface area contributed by atoms with E-state index in [1.54, 1.807) is 0 Å². The quantitative estimate of drug-likeness (QED) is 0.873. The van der Waals surface area contributed by atoms with Gasteiger partial charge in [0.2, 0.25) is 11.8 Å². The van der Waals surface area contributed by atoms with Gasteiger partial charge in [-0.25, -0.2) is 0 Å². The van der Waals surface area contributed by atoms with E-state index in [0.717, 1.165) is 44.2 Å². The van der Waals surface area contributed by atoms with Crippen molar-refractivity contribution in [2.45, 2.75) is 45.2 Å². The van der Waals surface area contributed by atoms with Gasteiger partial charge in [-0.3, -0.25) is 9.59 Å². The van der Waals surface area contributed by atoms with Crippen molar-refractivity contribution in [3.63, 3.8) is 0 Å². The summed E-state index contributed by atoms with van der Waals surface area (Å²) in [5, 5.41) is 2.80. The zero-order valence-corrected chi connectivity index (χ0v) is 14.2. The minimum atomic E-state index is -4.46. The summed E-state index contributed by atoms with van der Waals surface area (Å²) in [5.74, 6) is -0.397. The third-order valence-electron chi connectivity index (χ3n) is 4.48. The summed E-state index contributed by atoms with van der Waals surface area (Å²) in [4.78, 5) is 25.2. The predicted molar refractivity (Wildman–Crippen MR) is 89.1 cm³/mol. The fraction of sp³-hybridized carbons (Fsp3) is 0.556. The molecule has 1 aromatic rings. The number of amides is 2. The van der Waals surface area contributed by atoms with Crippen molar-refractivity contribution in [3.8, 4) is 0 Å². The zero-order chi connectivity index (χ0) is 18.4. The van der Waals surface area contributed by atoms with Crippen LogP contribution in [0.2, 0.25) is 0 Å². The molecule has 0 heterocycles. The van der Waals surface area contributed by atoms with Crippen LogP contribution in [0, 0.1) is 5.92 Å². The molecule has 1 aliphatic carbocycles. The lowest BCUT2D eigenvalue weighted by Crippen LogP contribution is -2.40. The molecule has 0 aromatic heterocycles. The van der Waals surface area contributed by atoms with Gasteiger partial charge < -0.3 is 10.2 Å². The van der Waals surface area contributed by atoms with Crippen LogP contribution in [-0.2, 0) is 15.8 Å². The standard InChI is InChI=1S/C18H23F3N2O2/c1-13(24)23(16-9-5-8-15(12-16)18(19,20)21)11-10-22-17(25)14-6-3-2-4-7-14/h5,8-9,12,14H,2-4,6-7,10-11H2,1H3,(H,22,25). The Morgan fingerprint density at radius 3 is 2.48 bits per heavy atom. The van der Waals surface area contributed by atoms with E-state index in [-0.39, 0.29) is 36.5 Å². The second-order valence-electron chi connectivity index (χ2n) is 6.34. The van der Waals surface area contributed by atoms with Gasteiger partial charge in [0.25, 0.3) is 0 Å². The second-order valence-corrected chi connectivity index (χ2v) is 6.34. The van der Waals surface area contributed by atoms with Crippen LogP contribution < -0.4 is 10.2 Å². The molecule has 2 amide bonds. The molecular formula is C18H23F3N2O2. The van der Waals surface area contributed by atoms with Crippen molar-refractivity contribution in [3.05, 3.63) is 29.8 Å². The Balaban J connectivity index is 1.97. The summed E-state index contributed by atoms with van der Waals surface area (Å²) in [6.45, 7) is 1.64. The van der Waals surface area contributed by atoms with Crippen LogP contribution in [-0.4, -0.2) is 24.9 Å². The maximum absolute atomic E-state index is 12.8. The largest absolute Gasteiger partial charge is 0.416 e. The number of hydrogen-bond acceptors (Lipinski definition) is 2. The van der Waals surface area contributed by atoms with Crippen LogP contribution in [0.1, 0.15) is 44.6 Å². The number of rotatable bonds is 5. The summed E-state index contributed by atoms with van der Waals surface area (Å²) in [6.07, 6.45) is 0.515. The lowest BCUT2D eigenvalue weighted by molar-refractivity contribution is -0.137. The van der Waals surface area contributed by atoms with Crippen LogP contribution in [0.3, 0.4) is 0 Å². The van der Waals surface area contributed by atoms with Gasteiger partial charge in [0.15, 0.2) is 0 Å². The first-order chi connectivity index (χ1) is 11.8. The Hall–Kier alpha value is -2.05. The van der Waals surface area contributed by atoms with Crippen molar-refractivity contribution in [1.82, 2.24) is 5.32 Å². The molecule has 4 nitrogen and oxygen atoms in total. The lowest BCUT2D eigenvalue weighted by Gasteiger charge is -2.24. The van der Waals surface area contributed by atoms with Crippen molar-refractivity contribution < 1.29 is 22.8 Å². The van der Waals surface area contributed by atoms with Gasteiger partial charge in [0, 0.05) is 31.6 Å². The highest BCUT2D eigenvalue weighted by Gasteiger charge is 2.31. The molecule has 1 aliphatic rings. The molecule has 2 rings (SSSR count). The Kier molecular flexibility index (Phi) is 6.45. The number of benzene rings is 1. The average molecular weight is 356 g/mol. The number of hydrogen-bond donors (Lipinski definition) is 1. The zero-order valence-electron chi connectivity index (χ0n) is 14.2. The average Bonchev–Trinajstić information content (AvgIpc) is 2.58. The minimum absolute atomic E-state index is 0.00749. The molecule has 0 saturated heterocycles. The van der Waals surface area contributed by atoms with E-state index in [1.165, 1.54) is 24.0 Å². The molecular weight excluding hydrogens is 333 g/mol. The number of carbonyl (C=O) groups excluding carboxylic acids is 2. The topological polar surface area (TPSA) is 49.4 Å². The van der Waals surface area contributed by atoms with Gasteiger partial charge >= 0.3 is 6.18 Å². The SMILES string of the molecule is CC(=O)N(CCNC(=O)C1CCCCC1)c1cccc(C(F)(F)F)c1. The predicted octanol–water partition coefficient (Wildman–Crippen LogP) is 3.75. The van der Waals surface area contributed by atoms with Crippen LogP contribution >= 0.6 is 0 Å². The number of anilines is 1. The van der Waals surface area contributed by atoms with Crippen molar-refractivity contribution in [1.29, 1.82) is 0 Å². The first-order valence-electron chi connectivity index (χ1n) is 8.52. The van der Waals surface area contributed by atoms with Crippen LogP contribution in [0.4, 0.5) is 18.9 Å². The molecule has 0 bridgehead atoms. The van der Waals surface area contributed by atoms with Gasteiger partial charge in [0.1, 0.15) is 0 Å². The maximum atomic E-state index is 12.8. The smallest absolute Gasteiger partial charge is 0.354 e. The molecule has 25 heavy (non-hydrogen) atoms. The van der Waals surface area contributed by atoms with Gasteiger partial charge in [-0.2, -0.15) is 13.2 Å². The van der Waals surface area contributed by atoms with E-state index in [0.29, 0.717) is 0 Å². The Morgan fingerprint density at radius 2 is 1.88 bits per heavy atom. The Morgan fingerprint density at radius 1 is 1.20 bits per heavy atom. The number of carbonyl (C=O) groups is 2. The highest BCUT2D eigenvalue weighted by molar-refractivity contribution is 5.91. The minimum Gasteiger partial charge on any atom is -0.354 e. The first-order valence-corrected chi connectivity index (χ1v) is 8.52. The highest BCUT2D eigenvalue weighted by atomic mass is 19.4. The third kappa shape index (κ3) is 5.47. The first kappa shape index (κ1) is 19.3. The number of halogens is 3. The molecule has 1 aromatic carbocycles. The second kappa shape index (κ2) is 8.36. The van der Waals surface area contributed by atoms with E-state index in [9.17, 15) is 22.8 Å². The Bertz CT molecular complexity index is 611. The summed E-state index contributed by atoms with van der Waals surface area (Å²) in [5.41, 5.74) is -0.628. The van der Waals surface area contributed by atoms with E-state index < -0.39 is 11.7 Å². The van der Waals surface area contributed by atoms with Gasteiger partial charge in [-0.05, 0) is 31.0 Å². The van der Waals surface area contributed by atoms with Crippen molar-refractivity contribution in [2.75, 3.05) is 18.0 Å². The molecule has 7 heteroatoms. The number of nitrogens with zero attached hydrogens (tertiary/aromatic N) is 1. The third-order valence-corrected chi connectivity index (χ3v) is 4.48. The Labute approximate surface area is 145 Å². The molecule has 1 N–H and O–H groups in total. The van der Waals surface area contributed by atoms with Crippen LogP contribution in [0.5, 0.6) is 0 Å². The summed E-state index contributed by atoms with van der Waals surface area (Å²) in [7, 11) is 0. The van der Waals surface area contributed by atoms with E-state index in [4.69, 9.17) is 0 Å². The highest BCUT2D eigenvalue weighted by Crippen LogP contribution is 2.31. The molecule has 0 unspecified atom stereocenters. The normalized spacial score (nSPS) is 15.7. The monoisotopic (exact) mass is 356 g/mol. The molecule has 0 aliphatic heterocycles. The van der Waals surface area contributed by atoms with Crippen molar-refractivity contribution >= 4 is 17.5 Å². The molecule has 0 atom stereocenters. The maximum Gasteiger partial charge on any atom is 0.416 e. The van der Waals surface area contributed by atoms with Crippen molar-refractivity contribution in [2.24, 2.45) is 5.92 Å². The number of alkyl halides is 3. The molecule has 0 radical (unpaired) electrons.